The molecule has 0 amide bonds. The lowest BCUT2D eigenvalue weighted by molar-refractivity contribution is 0.0697. The maximum absolute atomic E-state index is 11.3. The highest BCUT2D eigenvalue weighted by molar-refractivity contribution is 9.10. The van der Waals surface area contributed by atoms with Crippen LogP contribution in [-0.4, -0.2) is 16.1 Å². The van der Waals surface area contributed by atoms with Crippen LogP contribution >= 0.6 is 15.9 Å². The van der Waals surface area contributed by atoms with Crippen LogP contribution in [-0.2, 0) is 0 Å². The molecule has 3 aromatic rings. The standard InChI is InChI=1S/C16H11BrN2O2/c17-11-8-13(16(20)21)15(18-9-11)19-14-7-3-5-10-4-1-2-6-12(10)14/h1-9H,(H,18,19)(H,20,21). The van der Waals surface area contributed by atoms with Crippen LogP contribution in [0.4, 0.5) is 11.5 Å². The number of hydrogen-bond donors (Lipinski definition) is 2. The smallest absolute Gasteiger partial charge is 0.339 e. The van der Waals surface area contributed by atoms with E-state index >= 15 is 0 Å². The molecule has 4 nitrogen and oxygen atoms in total. The maximum atomic E-state index is 11.3. The summed E-state index contributed by atoms with van der Waals surface area (Å²) in [4.78, 5) is 15.5. The summed E-state index contributed by atoms with van der Waals surface area (Å²) in [5.41, 5.74) is 0.947. The molecule has 1 heterocycles. The van der Waals surface area contributed by atoms with E-state index in [0.717, 1.165) is 16.5 Å². The molecular weight excluding hydrogens is 332 g/mol. The van der Waals surface area contributed by atoms with Gasteiger partial charge < -0.3 is 10.4 Å². The number of fused-ring (bicyclic) bond motifs is 1. The Hall–Kier alpha value is -2.40. The molecule has 0 aliphatic rings. The molecule has 104 valence electrons. The largest absolute Gasteiger partial charge is 0.478 e. The predicted octanol–water partition coefficient (Wildman–Crippen LogP) is 4.44. The number of nitrogens with zero attached hydrogens (tertiary/aromatic N) is 1. The number of benzene rings is 2. The van der Waals surface area contributed by atoms with E-state index < -0.39 is 5.97 Å². The van der Waals surface area contributed by atoms with E-state index in [0.29, 0.717) is 10.3 Å². The molecule has 0 aliphatic heterocycles. The SMILES string of the molecule is O=C(O)c1cc(Br)cnc1Nc1cccc2ccccc12. The third-order valence-corrected chi connectivity index (χ3v) is 3.56. The first-order valence-electron chi connectivity index (χ1n) is 6.29. The van der Waals surface area contributed by atoms with E-state index in [1.807, 2.05) is 42.5 Å². The Balaban J connectivity index is 2.09. The second-order valence-electron chi connectivity index (χ2n) is 4.51. The number of carbonyl (C=O) groups is 1. The number of carboxylic acids is 1. The van der Waals surface area contributed by atoms with Crippen molar-refractivity contribution in [3.63, 3.8) is 0 Å². The van der Waals surface area contributed by atoms with Crippen LogP contribution < -0.4 is 5.32 Å². The molecular formula is C16H11BrN2O2. The van der Waals surface area contributed by atoms with Crippen molar-refractivity contribution in [1.82, 2.24) is 4.98 Å². The number of rotatable bonds is 3. The summed E-state index contributed by atoms with van der Waals surface area (Å²) >= 11 is 3.24. The van der Waals surface area contributed by atoms with Crippen LogP contribution in [0.15, 0.2) is 59.2 Å². The average molecular weight is 343 g/mol. The van der Waals surface area contributed by atoms with Gasteiger partial charge in [-0.25, -0.2) is 9.78 Å². The summed E-state index contributed by atoms with van der Waals surface area (Å²) < 4.78 is 0.628. The van der Waals surface area contributed by atoms with E-state index in [-0.39, 0.29) is 5.56 Å². The Morgan fingerprint density at radius 2 is 1.90 bits per heavy atom. The van der Waals surface area contributed by atoms with Gasteiger partial charge in [0.25, 0.3) is 0 Å². The van der Waals surface area contributed by atoms with Crippen molar-refractivity contribution >= 4 is 44.2 Å². The van der Waals surface area contributed by atoms with Crippen molar-refractivity contribution in [2.24, 2.45) is 0 Å². The number of carboxylic acid groups (broad SMARTS) is 1. The second kappa shape index (κ2) is 5.54. The van der Waals surface area contributed by atoms with Gasteiger partial charge >= 0.3 is 5.97 Å². The molecule has 0 atom stereocenters. The summed E-state index contributed by atoms with van der Waals surface area (Å²) in [7, 11) is 0. The Morgan fingerprint density at radius 1 is 1.14 bits per heavy atom. The van der Waals surface area contributed by atoms with E-state index in [9.17, 15) is 9.90 Å². The molecule has 1 aromatic heterocycles. The van der Waals surface area contributed by atoms with Gasteiger partial charge in [-0.3, -0.25) is 0 Å². The van der Waals surface area contributed by atoms with Crippen LogP contribution in [0.3, 0.4) is 0 Å². The Bertz CT molecular complexity index is 828. The van der Waals surface area contributed by atoms with Crippen LogP contribution in [0.2, 0.25) is 0 Å². The zero-order valence-electron chi connectivity index (χ0n) is 10.9. The topological polar surface area (TPSA) is 62.2 Å². The Labute approximate surface area is 129 Å². The third-order valence-electron chi connectivity index (χ3n) is 3.13. The molecule has 0 fully saturated rings. The summed E-state index contributed by atoms with van der Waals surface area (Å²) in [6, 6.07) is 15.3. The van der Waals surface area contributed by atoms with E-state index in [4.69, 9.17) is 0 Å². The van der Waals surface area contributed by atoms with Crippen molar-refractivity contribution in [1.29, 1.82) is 0 Å². The molecule has 0 aliphatic carbocycles. The van der Waals surface area contributed by atoms with Crippen molar-refractivity contribution in [3.05, 3.63) is 64.8 Å². The number of halogens is 1. The zero-order chi connectivity index (χ0) is 14.8. The molecule has 0 saturated carbocycles. The predicted molar refractivity (Wildman–Crippen MR) is 86.1 cm³/mol. The van der Waals surface area contributed by atoms with Gasteiger partial charge in [-0.2, -0.15) is 0 Å². The monoisotopic (exact) mass is 342 g/mol. The Morgan fingerprint density at radius 3 is 2.71 bits per heavy atom. The number of hydrogen-bond acceptors (Lipinski definition) is 3. The van der Waals surface area contributed by atoms with Crippen LogP contribution in [0, 0.1) is 0 Å². The fourth-order valence-corrected chi connectivity index (χ4v) is 2.50. The van der Waals surface area contributed by atoms with Crippen molar-refractivity contribution in [2.75, 3.05) is 5.32 Å². The van der Waals surface area contributed by atoms with Gasteiger partial charge in [0, 0.05) is 21.7 Å². The Kier molecular flexibility index (Phi) is 3.58. The molecule has 0 bridgehead atoms. The summed E-state index contributed by atoms with van der Waals surface area (Å²) in [5.74, 6) is -0.700. The molecule has 0 unspecified atom stereocenters. The number of anilines is 2. The minimum Gasteiger partial charge on any atom is -0.478 e. The zero-order valence-corrected chi connectivity index (χ0v) is 12.5. The molecule has 0 spiro atoms. The molecule has 5 heteroatoms. The number of aromatic nitrogens is 1. The minimum absolute atomic E-state index is 0.123. The average Bonchev–Trinajstić information content (AvgIpc) is 2.49. The van der Waals surface area contributed by atoms with Crippen LogP contribution in [0.5, 0.6) is 0 Å². The van der Waals surface area contributed by atoms with Gasteiger partial charge in [0.15, 0.2) is 0 Å². The van der Waals surface area contributed by atoms with E-state index in [1.54, 1.807) is 6.20 Å². The van der Waals surface area contributed by atoms with Gasteiger partial charge in [0.05, 0.1) is 0 Å². The molecule has 0 saturated heterocycles. The number of aromatic carboxylic acids is 1. The van der Waals surface area contributed by atoms with Gasteiger partial charge in [-0.15, -0.1) is 0 Å². The van der Waals surface area contributed by atoms with E-state index in [1.165, 1.54) is 6.07 Å². The fraction of sp³-hybridized carbons (Fsp3) is 0. The summed E-state index contributed by atoms with van der Waals surface area (Å²) in [6.45, 7) is 0. The molecule has 0 radical (unpaired) electrons. The first-order chi connectivity index (χ1) is 10.1. The van der Waals surface area contributed by atoms with Crippen LogP contribution in [0.25, 0.3) is 10.8 Å². The number of nitrogens with one attached hydrogen (secondary N) is 1. The second-order valence-corrected chi connectivity index (χ2v) is 5.42. The van der Waals surface area contributed by atoms with E-state index in [2.05, 4.69) is 26.2 Å². The van der Waals surface area contributed by atoms with Gasteiger partial charge in [0.2, 0.25) is 0 Å². The quantitative estimate of drug-likeness (QED) is 0.738. The molecule has 3 rings (SSSR count). The maximum Gasteiger partial charge on any atom is 0.339 e. The van der Waals surface area contributed by atoms with Gasteiger partial charge in [0.1, 0.15) is 11.4 Å². The van der Waals surface area contributed by atoms with Crippen molar-refractivity contribution < 1.29 is 9.90 Å². The minimum atomic E-state index is -1.02. The van der Waals surface area contributed by atoms with Gasteiger partial charge in [-0.1, -0.05) is 36.4 Å². The lowest BCUT2D eigenvalue weighted by atomic mass is 10.1. The first kappa shape index (κ1) is 13.6. The van der Waals surface area contributed by atoms with Crippen molar-refractivity contribution in [2.45, 2.75) is 0 Å². The molecule has 2 N–H and O–H groups in total. The number of pyridine rings is 1. The fourth-order valence-electron chi connectivity index (χ4n) is 2.16. The van der Waals surface area contributed by atoms with Crippen LogP contribution in [0.1, 0.15) is 10.4 Å². The highest BCUT2D eigenvalue weighted by atomic mass is 79.9. The highest BCUT2D eigenvalue weighted by Gasteiger charge is 2.13. The van der Waals surface area contributed by atoms with Gasteiger partial charge in [-0.05, 0) is 33.4 Å². The lowest BCUT2D eigenvalue weighted by Gasteiger charge is -2.11. The van der Waals surface area contributed by atoms with Crippen molar-refractivity contribution in [3.8, 4) is 0 Å². The molecule has 21 heavy (non-hydrogen) atoms. The normalized spacial score (nSPS) is 10.5. The first-order valence-corrected chi connectivity index (χ1v) is 7.08. The molecule has 2 aromatic carbocycles. The summed E-state index contributed by atoms with van der Waals surface area (Å²) in [6.07, 6.45) is 1.57. The highest BCUT2D eigenvalue weighted by Crippen LogP contribution is 2.27. The summed E-state index contributed by atoms with van der Waals surface area (Å²) in [5, 5.41) is 14.5. The third kappa shape index (κ3) is 2.73. The lowest BCUT2D eigenvalue weighted by Crippen LogP contribution is -2.05.